The second kappa shape index (κ2) is 7.14. The van der Waals surface area contributed by atoms with Crippen molar-refractivity contribution in [1.82, 2.24) is 18.8 Å². The number of fused-ring (bicyclic) bond motifs is 1. The summed E-state index contributed by atoms with van der Waals surface area (Å²) in [6.45, 7) is 4.15. The van der Waals surface area contributed by atoms with E-state index in [0.29, 0.717) is 29.1 Å². The van der Waals surface area contributed by atoms with Gasteiger partial charge >= 0.3 is 0 Å². The van der Waals surface area contributed by atoms with Crippen LogP contribution in [0.2, 0.25) is 0 Å². The largest absolute Gasteiger partial charge is 0.308 e. The molecule has 0 bridgehead atoms. The zero-order valence-electron chi connectivity index (χ0n) is 14.3. The Morgan fingerprint density at radius 1 is 1.19 bits per heavy atom. The molecule has 0 aliphatic rings. The fraction of sp³-hybridized carbons (Fsp3) is 0.312. The number of nitrogens with zero attached hydrogens (tertiary/aromatic N) is 3. The highest BCUT2D eigenvalue weighted by Crippen LogP contribution is 2.15. The highest BCUT2D eigenvalue weighted by molar-refractivity contribution is 7.89. The summed E-state index contributed by atoms with van der Waals surface area (Å²) in [6, 6.07) is 4.23. The number of aromatic amines is 1. The summed E-state index contributed by atoms with van der Waals surface area (Å²) in [5.41, 5.74) is -0.106. The molecule has 138 valence electrons. The van der Waals surface area contributed by atoms with Crippen molar-refractivity contribution in [2.24, 2.45) is 0 Å². The molecule has 3 heterocycles. The summed E-state index contributed by atoms with van der Waals surface area (Å²) < 4.78 is 28.3. The fourth-order valence-corrected chi connectivity index (χ4v) is 4.86. The van der Waals surface area contributed by atoms with Gasteiger partial charge in [0.2, 0.25) is 10.0 Å². The van der Waals surface area contributed by atoms with Crippen molar-refractivity contribution in [2.75, 3.05) is 13.1 Å². The van der Waals surface area contributed by atoms with E-state index in [0.717, 1.165) is 0 Å². The molecular weight excluding hydrogens is 376 g/mol. The molecule has 10 heteroatoms. The van der Waals surface area contributed by atoms with E-state index in [-0.39, 0.29) is 22.6 Å². The highest BCUT2D eigenvalue weighted by atomic mass is 32.2. The van der Waals surface area contributed by atoms with Crippen molar-refractivity contribution < 1.29 is 8.42 Å². The lowest BCUT2D eigenvalue weighted by molar-refractivity contribution is 0.444. The van der Waals surface area contributed by atoms with Gasteiger partial charge in [-0.25, -0.2) is 13.4 Å². The molecule has 0 aliphatic carbocycles. The molecule has 0 unspecified atom stereocenters. The minimum Gasteiger partial charge on any atom is -0.308 e. The quantitative estimate of drug-likeness (QED) is 0.677. The standard InChI is InChI=1S/C16H18N4O4S2/c1-3-20(4-2)26(23,24)11-5-6-14(21)19(9-11)10-13-17-12-7-8-25-15(12)16(22)18-13/h5-9H,3-4,10H2,1-2H3,(H,17,18,22). The molecule has 0 amide bonds. The third kappa shape index (κ3) is 3.35. The lowest BCUT2D eigenvalue weighted by Gasteiger charge is -2.19. The van der Waals surface area contributed by atoms with Crippen LogP contribution in [0.25, 0.3) is 10.2 Å². The van der Waals surface area contributed by atoms with E-state index in [1.54, 1.807) is 25.3 Å². The van der Waals surface area contributed by atoms with Gasteiger partial charge in [-0.15, -0.1) is 11.3 Å². The molecule has 0 atom stereocenters. The van der Waals surface area contributed by atoms with Crippen molar-refractivity contribution in [3.63, 3.8) is 0 Å². The van der Waals surface area contributed by atoms with Crippen molar-refractivity contribution in [2.45, 2.75) is 25.3 Å². The summed E-state index contributed by atoms with van der Waals surface area (Å²) in [5, 5.41) is 1.76. The number of hydrogen-bond donors (Lipinski definition) is 1. The van der Waals surface area contributed by atoms with Crippen LogP contribution in [0, 0.1) is 0 Å². The minimum absolute atomic E-state index is 0.0263. The monoisotopic (exact) mass is 394 g/mol. The second-order valence-corrected chi connectivity index (χ2v) is 8.42. The van der Waals surface area contributed by atoms with E-state index in [2.05, 4.69) is 9.97 Å². The maximum absolute atomic E-state index is 12.6. The van der Waals surface area contributed by atoms with E-state index in [4.69, 9.17) is 0 Å². The molecule has 3 aromatic heterocycles. The van der Waals surface area contributed by atoms with Crippen LogP contribution in [-0.2, 0) is 16.6 Å². The SMILES string of the molecule is CCN(CC)S(=O)(=O)c1ccc(=O)n(Cc2nc3ccsc3c(=O)[nH]2)c1. The molecule has 0 fully saturated rings. The summed E-state index contributed by atoms with van der Waals surface area (Å²) >= 11 is 1.29. The first-order chi connectivity index (χ1) is 12.4. The lowest BCUT2D eigenvalue weighted by atomic mass is 10.4. The van der Waals surface area contributed by atoms with Crippen molar-refractivity contribution in [1.29, 1.82) is 0 Å². The van der Waals surface area contributed by atoms with Gasteiger partial charge in [0.1, 0.15) is 10.5 Å². The number of H-pyrrole nitrogens is 1. The number of nitrogens with one attached hydrogen (secondary N) is 1. The van der Waals surface area contributed by atoms with E-state index >= 15 is 0 Å². The van der Waals surface area contributed by atoms with Crippen LogP contribution in [0.15, 0.2) is 44.3 Å². The minimum atomic E-state index is -3.68. The van der Waals surface area contributed by atoms with Gasteiger partial charge in [-0.3, -0.25) is 9.59 Å². The lowest BCUT2D eigenvalue weighted by Crippen LogP contribution is -2.32. The van der Waals surface area contributed by atoms with Crippen LogP contribution < -0.4 is 11.1 Å². The molecule has 3 rings (SSSR count). The molecule has 1 N–H and O–H groups in total. The number of aromatic nitrogens is 3. The highest BCUT2D eigenvalue weighted by Gasteiger charge is 2.22. The number of pyridine rings is 1. The molecule has 0 aliphatic heterocycles. The van der Waals surface area contributed by atoms with E-state index < -0.39 is 10.0 Å². The third-order valence-electron chi connectivity index (χ3n) is 3.98. The van der Waals surface area contributed by atoms with Crippen LogP contribution in [0.1, 0.15) is 19.7 Å². The Hall–Kier alpha value is -2.30. The van der Waals surface area contributed by atoms with Gasteiger partial charge in [-0.05, 0) is 17.5 Å². The van der Waals surface area contributed by atoms with Crippen LogP contribution >= 0.6 is 11.3 Å². The first-order valence-corrected chi connectivity index (χ1v) is 10.4. The first kappa shape index (κ1) is 18.5. The Morgan fingerprint density at radius 2 is 1.92 bits per heavy atom. The van der Waals surface area contributed by atoms with Gasteiger partial charge in [0.05, 0.1) is 17.0 Å². The summed E-state index contributed by atoms with van der Waals surface area (Å²) in [5.74, 6) is 0.292. The molecular formula is C16H18N4O4S2. The van der Waals surface area contributed by atoms with Crippen LogP contribution in [0.5, 0.6) is 0 Å². The Kier molecular flexibility index (Phi) is 5.08. The van der Waals surface area contributed by atoms with Crippen LogP contribution in [0.3, 0.4) is 0 Å². The molecule has 26 heavy (non-hydrogen) atoms. The predicted octanol–water partition coefficient (Wildman–Crippen LogP) is 1.23. The Balaban J connectivity index is 2.02. The normalized spacial score (nSPS) is 12.1. The maximum atomic E-state index is 12.6. The van der Waals surface area contributed by atoms with Crippen molar-refractivity contribution >= 4 is 31.6 Å². The number of hydrogen-bond acceptors (Lipinski definition) is 6. The molecule has 0 saturated carbocycles. The summed E-state index contributed by atoms with van der Waals surface area (Å²) in [6.07, 6.45) is 1.29. The molecule has 0 spiro atoms. The van der Waals surface area contributed by atoms with Crippen molar-refractivity contribution in [3.05, 3.63) is 56.3 Å². The Labute approximate surface area is 153 Å². The van der Waals surface area contributed by atoms with Crippen molar-refractivity contribution in [3.8, 4) is 0 Å². The van der Waals surface area contributed by atoms with Crippen LogP contribution in [0.4, 0.5) is 0 Å². The Morgan fingerprint density at radius 3 is 2.62 bits per heavy atom. The molecule has 0 aromatic carbocycles. The Bertz CT molecular complexity index is 1160. The molecule has 0 radical (unpaired) electrons. The van der Waals surface area contributed by atoms with Gasteiger partial charge in [0.15, 0.2) is 0 Å². The topological polar surface area (TPSA) is 105 Å². The zero-order valence-corrected chi connectivity index (χ0v) is 15.9. The van der Waals surface area contributed by atoms with Gasteiger partial charge in [0.25, 0.3) is 11.1 Å². The summed E-state index contributed by atoms with van der Waals surface area (Å²) in [7, 11) is -3.68. The number of rotatable bonds is 6. The van der Waals surface area contributed by atoms with E-state index in [1.165, 1.54) is 38.5 Å². The third-order valence-corrected chi connectivity index (χ3v) is 6.92. The van der Waals surface area contributed by atoms with Gasteiger partial charge in [-0.1, -0.05) is 13.8 Å². The smallest absolute Gasteiger partial charge is 0.268 e. The van der Waals surface area contributed by atoms with Gasteiger partial charge < -0.3 is 9.55 Å². The summed E-state index contributed by atoms with van der Waals surface area (Å²) in [4.78, 5) is 31.2. The van der Waals surface area contributed by atoms with Gasteiger partial charge in [-0.2, -0.15) is 4.31 Å². The zero-order chi connectivity index (χ0) is 18.9. The molecule has 3 aromatic rings. The molecule has 8 nitrogen and oxygen atoms in total. The number of sulfonamides is 1. The van der Waals surface area contributed by atoms with Gasteiger partial charge in [0, 0.05) is 25.4 Å². The molecule has 0 saturated heterocycles. The number of thiophene rings is 1. The van der Waals surface area contributed by atoms with Crippen LogP contribution in [-0.4, -0.2) is 40.3 Å². The second-order valence-electron chi connectivity index (χ2n) is 5.57. The fourth-order valence-electron chi connectivity index (χ4n) is 2.66. The maximum Gasteiger partial charge on any atom is 0.268 e. The first-order valence-electron chi connectivity index (χ1n) is 8.03. The van der Waals surface area contributed by atoms with E-state index in [9.17, 15) is 18.0 Å². The van der Waals surface area contributed by atoms with E-state index in [1.807, 2.05) is 0 Å². The predicted molar refractivity (Wildman–Crippen MR) is 100 cm³/mol. The average molecular weight is 394 g/mol. The average Bonchev–Trinajstić information content (AvgIpc) is 3.06.